The maximum atomic E-state index is 5.66. The second-order valence-electron chi connectivity index (χ2n) is 1.67. The van der Waals surface area contributed by atoms with E-state index in [9.17, 15) is 0 Å². The zero-order valence-corrected chi connectivity index (χ0v) is 7.90. The summed E-state index contributed by atoms with van der Waals surface area (Å²) in [6.45, 7) is 3.50. The van der Waals surface area contributed by atoms with Gasteiger partial charge in [-0.15, -0.1) is 11.8 Å². The third kappa shape index (κ3) is 6.16. The van der Waals surface area contributed by atoms with E-state index in [2.05, 4.69) is 11.6 Å². The van der Waals surface area contributed by atoms with Crippen LogP contribution in [-0.4, -0.2) is 16.9 Å². The third-order valence-electron chi connectivity index (χ3n) is 0.862. The van der Waals surface area contributed by atoms with Crippen molar-refractivity contribution >= 4 is 28.5 Å². The van der Waals surface area contributed by atoms with Gasteiger partial charge in [-0.2, -0.15) is 0 Å². The van der Waals surface area contributed by atoms with E-state index in [1.165, 1.54) is 11.8 Å². The predicted molar refractivity (Wildman–Crippen MR) is 54.1 cm³/mol. The maximum Gasteiger partial charge on any atom is 0.145 e. The molecule has 0 amide bonds. The standard InChI is InChI=1S/C7H11ClN2S/c1-3-4-5-6(8)10-7(9)11-2/h3-5,7H,1,9H2,2H3/b5-4?,10-6+. The fourth-order valence-corrected chi connectivity index (χ4v) is 0.819. The van der Waals surface area contributed by atoms with Crippen molar-refractivity contribution in [1.29, 1.82) is 0 Å². The molecule has 0 heterocycles. The summed E-state index contributed by atoms with van der Waals surface area (Å²) < 4.78 is 0. The van der Waals surface area contributed by atoms with Crippen LogP contribution in [0.25, 0.3) is 0 Å². The van der Waals surface area contributed by atoms with Gasteiger partial charge in [0.2, 0.25) is 0 Å². The van der Waals surface area contributed by atoms with Gasteiger partial charge in [0.15, 0.2) is 0 Å². The van der Waals surface area contributed by atoms with E-state index in [-0.39, 0.29) is 5.50 Å². The van der Waals surface area contributed by atoms with Crippen molar-refractivity contribution in [2.75, 3.05) is 6.26 Å². The molecule has 0 saturated heterocycles. The van der Waals surface area contributed by atoms with Crippen LogP contribution in [0.4, 0.5) is 0 Å². The van der Waals surface area contributed by atoms with Gasteiger partial charge in [-0.3, -0.25) is 0 Å². The molecule has 0 saturated carbocycles. The molecule has 0 aromatic rings. The highest BCUT2D eigenvalue weighted by molar-refractivity contribution is 7.99. The normalized spacial score (nSPS) is 15.4. The molecule has 0 aromatic carbocycles. The van der Waals surface area contributed by atoms with Gasteiger partial charge >= 0.3 is 0 Å². The van der Waals surface area contributed by atoms with Gasteiger partial charge < -0.3 is 5.73 Å². The quantitative estimate of drug-likeness (QED) is 0.418. The van der Waals surface area contributed by atoms with Crippen LogP contribution in [-0.2, 0) is 0 Å². The molecular weight excluding hydrogens is 180 g/mol. The molecule has 0 bridgehead atoms. The Morgan fingerprint density at radius 1 is 1.82 bits per heavy atom. The minimum Gasteiger partial charge on any atom is -0.301 e. The van der Waals surface area contributed by atoms with E-state index in [0.29, 0.717) is 5.17 Å². The average molecular weight is 191 g/mol. The highest BCUT2D eigenvalue weighted by atomic mass is 35.5. The molecule has 0 spiro atoms. The Bertz CT molecular complexity index is 177. The molecule has 0 aliphatic rings. The Labute approximate surface area is 76.2 Å². The summed E-state index contributed by atoms with van der Waals surface area (Å²) in [7, 11) is 0. The Hall–Kier alpha value is -0.250. The molecule has 1 unspecified atom stereocenters. The van der Waals surface area contributed by atoms with Crippen LogP contribution in [0, 0.1) is 0 Å². The van der Waals surface area contributed by atoms with Gasteiger partial charge in [-0.05, 0) is 12.3 Å². The first-order valence-electron chi connectivity index (χ1n) is 3.01. The fraction of sp³-hybridized carbons (Fsp3) is 0.286. The summed E-state index contributed by atoms with van der Waals surface area (Å²) >= 11 is 7.09. The summed E-state index contributed by atoms with van der Waals surface area (Å²) in [4.78, 5) is 3.92. The summed E-state index contributed by atoms with van der Waals surface area (Å²) in [5, 5.41) is 0.395. The maximum absolute atomic E-state index is 5.66. The average Bonchev–Trinajstić information content (AvgIpc) is 2.00. The molecule has 2 nitrogen and oxygen atoms in total. The first-order chi connectivity index (χ1) is 5.20. The first kappa shape index (κ1) is 10.8. The van der Waals surface area contributed by atoms with Gasteiger partial charge in [-0.1, -0.05) is 30.3 Å². The van der Waals surface area contributed by atoms with Crippen LogP contribution in [0.15, 0.2) is 29.8 Å². The molecular formula is C7H11ClN2S. The van der Waals surface area contributed by atoms with E-state index in [0.717, 1.165) is 0 Å². The highest BCUT2D eigenvalue weighted by Crippen LogP contribution is 2.02. The van der Waals surface area contributed by atoms with Gasteiger partial charge in [0.05, 0.1) is 0 Å². The molecule has 0 radical (unpaired) electrons. The fourth-order valence-electron chi connectivity index (χ4n) is 0.365. The Morgan fingerprint density at radius 3 is 2.91 bits per heavy atom. The summed E-state index contributed by atoms with van der Waals surface area (Å²) in [6.07, 6.45) is 6.85. The number of nitrogens with zero attached hydrogens (tertiary/aromatic N) is 1. The molecule has 2 N–H and O–H groups in total. The van der Waals surface area contributed by atoms with E-state index in [1.807, 2.05) is 6.26 Å². The van der Waals surface area contributed by atoms with E-state index in [4.69, 9.17) is 17.3 Å². The zero-order valence-electron chi connectivity index (χ0n) is 6.33. The zero-order chi connectivity index (χ0) is 8.69. The monoisotopic (exact) mass is 190 g/mol. The van der Waals surface area contributed by atoms with Gasteiger partial charge in [0.25, 0.3) is 0 Å². The smallest absolute Gasteiger partial charge is 0.145 e. The molecule has 1 atom stereocenters. The Balaban J connectivity index is 3.98. The minimum atomic E-state index is -0.281. The van der Waals surface area contributed by atoms with Crippen molar-refractivity contribution in [3.8, 4) is 0 Å². The second kappa shape index (κ2) is 6.46. The molecule has 11 heavy (non-hydrogen) atoms. The van der Waals surface area contributed by atoms with Crippen LogP contribution in [0.3, 0.4) is 0 Å². The van der Waals surface area contributed by atoms with Crippen LogP contribution < -0.4 is 5.73 Å². The number of thioether (sulfide) groups is 1. The SMILES string of the molecule is C=CC=C/C(Cl)=N\C(N)SC. The van der Waals surface area contributed by atoms with Crippen LogP contribution in [0.1, 0.15) is 0 Å². The topological polar surface area (TPSA) is 38.4 Å². The van der Waals surface area contributed by atoms with Crippen LogP contribution in [0.5, 0.6) is 0 Å². The van der Waals surface area contributed by atoms with E-state index < -0.39 is 0 Å². The number of allylic oxidation sites excluding steroid dienone is 3. The predicted octanol–water partition coefficient (Wildman–Crippen LogP) is 1.97. The number of halogens is 1. The van der Waals surface area contributed by atoms with Gasteiger partial charge in [0.1, 0.15) is 10.7 Å². The number of rotatable bonds is 4. The number of nitrogens with two attached hydrogens (primary N) is 1. The Kier molecular flexibility index (Phi) is 6.31. The van der Waals surface area contributed by atoms with E-state index in [1.54, 1.807) is 18.2 Å². The first-order valence-corrected chi connectivity index (χ1v) is 4.68. The lowest BCUT2D eigenvalue weighted by Gasteiger charge is -1.99. The Morgan fingerprint density at radius 2 is 2.45 bits per heavy atom. The molecule has 0 rings (SSSR count). The van der Waals surface area contributed by atoms with Crippen molar-refractivity contribution in [1.82, 2.24) is 0 Å². The van der Waals surface area contributed by atoms with Crippen molar-refractivity contribution in [2.24, 2.45) is 10.7 Å². The lowest BCUT2D eigenvalue weighted by Crippen LogP contribution is -2.12. The van der Waals surface area contributed by atoms with Crippen LogP contribution >= 0.6 is 23.4 Å². The lowest BCUT2D eigenvalue weighted by molar-refractivity contribution is 0.997. The highest BCUT2D eigenvalue weighted by Gasteiger charge is 1.94. The summed E-state index contributed by atoms with van der Waals surface area (Å²) in [5.41, 5.74) is 5.20. The third-order valence-corrected chi connectivity index (χ3v) is 1.67. The molecule has 0 aliphatic heterocycles. The van der Waals surface area contributed by atoms with Gasteiger partial charge in [-0.25, -0.2) is 4.99 Å². The summed E-state index contributed by atoms with van der Waals surface area (Å²) in [6, 6.07) is 0. The number of hydrogen-bond acceptors (Lipinski definition) is 3. The number of hydrogen-bond donors (Lipinski definition) is 1. The van der Waals surface area contributed by atoms with Crippen molar-refractivity contribution in [3.63, 3.8) is 0 Å². The molecule has 0 aromatic heterocycles. The molecule has 0 fully saturated rings. The van der Waals surface area contributed by atoms with Crippen molar-refractivity contribution in [3.05, 3.63) is 24.8 Å². The van der Waals surface area contributed by atoms with Crippen molar-refractivity contribution < 1.29 is 0 Å². The molecule has 0 aliphatic carbocycles. The summed E-state index contributed by atoms with van der Waals surface area (Å²) in [5.74, 6) is 0. The number of aliphatic imine (C=N–C) groups is 1. The molecule has 62 valence electrons. The molecule has 4 heteroatoms. The second-order valence-corrected chi connectivity index (χ2v) is 3.01. The van der Waals surface area contributed by atoms with E-state index >= 15 is 0 Å². The minimum absolute atomic E-state index is 0.281. The van der Waals surface area contributed by atoms with Crippen LogP contribution in [0.2, 0.25) is 0 Å². The van der Waals surface area contributed by atoms with Crippen molar-refractivity contribution in [2.45, 2.75) is 5.50 Å². The largest absolute Gasteiger partial charge is 0.301 e. The lowest BCUT2D eigenvalue weighted by atomic mass is 10.5. The van der Waals surface area contributed by atoms with Gasteiger partial charge in [0, 0.05) is 0 Å².